The number of carbonyl (C=O) groups is 2. The molecule has 1 heterocycles. The summed E-state index contributed by atoms with van der Waals surface area (Å²) in [6, 6.07) is 14.4. The van der Waals surface area contributed by atoms with Crippen molar-refractivity contribution in [3.63, 3.8) is 0 Å². The Balaban J connectivity index is 1.58. The molecule has 0 unspecified atom stereocenters. The average molecular weight is 462 g/mol. The summed E-state index contributed by atoms with van der Waals surface area (Å²) in [6.07, 6.45) is 1.89. The number of hydrogen-bond acceptors (Lipinski definition) is 5. The topological polar surface area (TPSA) is 79.5 Å². The molecule has 0 aliphatic heterocycles. The molecule has 0 aliphatic carbocycles. The molecule has 0 radical (unpaired) electrons. The lowest BCUT2D eigenvalue weighted by atomic mass is 10.2. The van der Waals surface area contributed by atoms with Crippen LogP contribution in [-0.4, -0.2) is 23.5 Å². The Labute approximate surface area is 188 Å². The number of hydrogen-bond donors (Lipinski definition) is 3. The van der Waals surface area contributed by atoms with Crippen molar-refractivity contribution < 1.29 is 14.3 Å². The van der Waals surface area contributed by atoms with Gasteiger partial charge in [0.1, 0.15) is 10.6 Å². The Hall–Kier alpha value is -2.68. The zero-order valence-electron chi connectivity index (χ0n) is 16.2. The summed E-state index contributed by atoms with van der Waals surface area (Å²) >= 11 is 12.7. The fourth-order valence-electron chi connectivity index (χ4n) is 2.64. The van der Waals surface area contributed by atoms with Crippen molar-refractivity contribution in [1.29, 1.82) is 0 Å². The molecule has 0 saturated heterocycles. The molecule has 0 spiro atoms. The van der Waals surface area contributed by atoms with Crippen molar-refractivity contribution >= 4 is 62.2 Å². The van der Waals surface area contributed by atoms with Gasteiger partial charge in [-0.05, 0) is 36.8 Å². The second-order valence-electron chi connectivity index (χ2n) is 6.30. The van der Waals surface area contributed by atoms with Crippen LogP contribution in [0, 0.1) is 0 Å². The Kier molecular flexibility index (Phi) is 7.62. The molecule has 6 nitrogen and oxygen atoms in total. The number of ether oxygens (including phenoxy) is 1. The molecule has 0 atom stereocenters. The van der Waals surface area contributed by atoms with E-state index in [0.29, 0.717) is 27.8 Å². The molecule has 3 N–H and O–H groups in total. The number of fused-ring (bicyclic) bond motifs is 1. The molecule has 0 bridgehead atoms. The molecule has 1 aromatic heterocycles. The maximum Gasteiger partial charge on any atom is 0.273 e. The quantitative estimate of drug-likeness (QED) is 0.282. The minimum Gasteiger partial charge on any atom is -0.493 e. The Morgan fingerprint density at radius 2 is 1.80 bits per heavy atom. The number of thiophene rings is 1. The van der Waals surface area contributed by atoms with Crippen molar-refractivity contribution in [2.75, 3.05) is 6.61 Å². The maximum absolute atomic E-state index is 12.5. The van der Waals surface area contributed by atoms with Crippen molar-refractivity contribution in [1.82, 2.24) is 16.2 Å². The van der Waals surface area contributed by atoms with E-state index in [1.807, 2.05) is 24.3 Å². The molecule has 30 heavy (non-hydrogen) atoms. The number of para-hydroxylation sites is 1. The number of benzene rings is 2. The first-order valence-electron chi connectivity index (χ1n) is 9.31. The predicted octanol–water partition coefficient (Wildman–Crippen LogP) is 4.68. The SMILES string of the molecule is CCCCOc1ccccc1C(=O)NNC(=S)NC(=O)c1sc2ccccc2c1Cl. The summed E-state index contributed by atoms with van der Waals surface area (Å²) in [5.74, 6) is -0.396. The fourth-order valence-corrected chi connectivity index (χ4v) is 4.19. The zero-order chi connectivity index (χ0) is 21.5. The fraction of sp³-hybridized carbons (Fsp3) is 0.190. The van der Waals surface area contributed by atoms with Gasteiger partial charge in [0.25, 0.3) is 11.8 Å². The van der Waals surface area contributed by atoms with Crippen LogP contribution in [0.5, 0.6) is 5.75 Å². The van der Waals surface area contributed by atoms with Crippen LogP contribution in [0.4, 0.5) is 0 Å². The van der Waals surface area contributed by atoms with Gasteiger partial charge in [-0.2, -0.15) is 0 Å². The summed E-state index contributed by atoms with van der Waals surface area (Å²) in [5, 5.41) is 3.65. The molecule has 0 fully saturated rings. The first-order chi connectivity index (χ1) is 14.5. The van der Waals surface area contributed by atoms with Crippen LogP contribution in [0.25, 0.3) is 10.1 Å². The number of thiocarbonyl (C=S) groups is 1. The maximum atomic E-state index is 12.5. The highest BCUT2D eigenvalue weighted by Gasteiger charge is 2.18. The number of hydrazine groups is 1. The molecule has 2 aromatic carbocycles. The number of rotatable bonds is 6. The van der Waals surface area contributed by atoms with E-state index in [0.717, 1.165) is 22.9 Å². The summed E-state index contributed by atoms with van der Waals surface area (Å²) in [6.45, 7) is 2.59. The van der Waals surface area contributed by atoms with Crippen LogP contribution >= 0.6 is 35.2 Å². The third-order valence-corrected chi connectivity index (χ3v) is 6.02. The van der Waals surface area contributed by atoms with E-state index in [-0.39, 0.29) is 5.11 Å². The number of unbranched alkanes of at least 4 members (excludes halogenated alkanes) is 1. The van der Waals surface area contributed by atoms with Gasteiger partial charge < -0.3 is 4.74 Å². The van der Waals surface area contributed by atoms with Crippen LogP contribution in [0.3, 0.4) is 0 Å². The van der Waals surface area contributed by atoms with Gasteiger partial charge in [0.15, 0.2) is 5.11 Å². The van der Waals surface area contributed by atoms with Gasteiger partial charge in [0.2, 0.25) is 0 Å². The van der Waals surface area contributed by atoms with Crippen molar-refractivity contribution in [3.05, 3.63) is 64.0 Å². The molecule has 3 aromatic rings. The molecule has 156 valence electrons. The van der Waals surface area contributed by atoms with Gasteiger partial charge in [-0.1, -0.05) is 55.3 Å². The summed E-state index contributed by atoms with van der Waals surface area (Å²) in [5.41, 5.74) is 5.37. The van der Waals surface area contributed by atoms with E-state index in [2.05, 4.69) is 23.1 Å². The van der Waals surface area contributed by atoms with E-state index in [1.165, 1.54) is 11.3 Å². The Morgan fingerprint density at radius 1 is 1.07 bits per heavy atom. The van der Waals surface area contributed by atoms with Crippen LogP contribution < -0.4 is 20.9 Å². The Bertz CT molecular complexity index is 1080. The van der Waals surface area contributed by atoms with Gasteiger partial charge in [-0.3, -0.25) is 25.8 Å². The summed E-state index contributed by atoms with van der Waals surface area (Å²) in [4.78, 5) is 25.4. The van der Waals surface area contributed by atoms with E-state index >= 15 is 0 Å². The van der Waals surface area contributed by atoms with E-state index in [4.69, 9.17) is 28.6 Å². The number of carbonyl (C=O) groups excluding carboxylic acids is 2. The third-order valence-electron chi connectivity index (χ3n) is 4.14. The third kappa shape index (κ3) is 5.27. The lowest BCUT2D eigenvalue weighted by Gasteiger charge is -2.13. The first-order valence-corrected chi connectivity index (χ1v) is 10.9. The van der Waals surface area contributed by atoms with Gasteiger partial charge in [-0.15, -0.1) is 11.3 Å². The lowest BCUT2D eigenvalue weighted by molar-refractivity contribution is 0.0931. The molecule has 9 heteroatoms. The van der Waals surface area contributed by atoms with Crippen LogP contribution in [-0.2, 0) is 0 Å². The molecular weight excluding hydrogens is 442 g/mol. The first kappa shape index (κ1) is 22.0. The number of amides is 2. The Morgan fingerprint density at radius 3 is 2.57 bits per heavy atom. The minimum atomic E-state index is -0.448. The van der Waals surface area contributed by atoms with Crippen molar-refractivity contribution in [3.8, 4) is 5.75 Å². The van der Waals surface area contributed by atoms with Crippen molar-refractivity contribution in [2.45, 2.75) is 19.8 Å². The van der Waals surface area contributed by atoms with E-state index in [9.17, 15) is 9.59 Å². The highest BCUT2D eigenvalue weighted by atomic mass is 35.5. The van der Waals surface area contributed by atoms with E-state index < -0.39 is 11.8 Å². The van der Waals surface area contributed by atoms with Gasteiger partial charge >= 0.3 is 0 Å². The number of halogens is 1. The monoisotopic (exact) mass is 461 g/mol. The summed E-state index contributed by atoms with van der Waals surface area (Å²) < 4.78 is 6.57. The molecule has 2 amide bonds. The standard InChI is InChI=1S/C21H20ClN3O3S2/c1-2-3-12-28-15-10-6-4-8-13(15)19(26)24-25-21(29)23-20(27)18-17(22)14-9-5-7-11-16(14)30-18/h4-11H,2-3,12H2,1H3,(H,24,26)(H2,23,25,27,29). The predicted molar refractivity (Wildman–Crippen MR) is 124 cm³/mol. The van der Waals surface area contributed by atoms with Gasteiger partial charge in [0, 0.05) is 10.1 Å². The highest BCUT2D eigenvalue weighted by molar-refractivity contribution is 7.80. The molecular formula is C21H20ClN3O3S2. The largest absolute Gasteiger partial charge is 0.493 e. The molecule has 0 aliphatic rings. The van der Waals surface area contributed by atoms with Crippen molar-refractivity contribution in [2.24, 2.45) is 0 Å². The minimum absolute atomic E-state index is 0.0498. The van der Waals surface area contributed by atoms with Crippen LogP contribution in [0.2, 0.25) is 5.02 Å². The molecule has 0 saturated carbocycles. The van der Waals surface area contributed by atoms with Gasteiger partial charge in [0.05, 0.1) is 17.2 Å². The number of nitrogens with one attached hydrogen (secondary N) is 3. The molecule has 3 rings (SSSR count). The summed E-state index contributed by atoms with van der Waals surface area (Å²) in [7, 11) is 0. The van der Waals surface area contributed by atoms with E-state index in [1.54, 1.807) is 24.3 Å². The lowest BCUT2D eigenvalue weighted by Crippen LogP contribution is -2.48. The average Bonchev–Trinajstić information content (AvgIpc) is 3.09. The van der Waals surface area contributed by atoms with Gasteiger partial charge in [-0.25, -0.2) is 0 Å². The normalized spacial score (nSPS) is 10.5. The zero-order valence-corrected chi connectivity index (χ0v) is 18.5. The smallest absolute Gasteiger partial charge is 0.273 e. The highest BCUT2D eigenvalue weighted by Crippen LogP contribution is 2.34. The van der Waals surface area contributed by atoms with Crippen LogP contribution in [0.15, 0.2) is 48.5 Å². The second kappa shape index (κ2) is 10.4. The second-order valence-corrected chi connectivity index (χ2v) is 8.14. The van der Waals surface area contributed by atoms with Crippen LogP contribution in [0.1, 0.15) is 39.8 Å².